The molecule has 0 aliphatic carbocycles. The van der Waals surface area contributed by atoms with Gasteiger partial charge in [0, 0.05) is 24.4 Å². The number of halogens is 1. The molecule has 1 unspecified atom stereocenters. The van der Waals surface area contributed by atoms with Gasteiger partial charge in [-0.25, -0.2) is 14.4 Å². The molecule has 2 aromatic heterocycles. The summed E-state index contributed by atoms with van der Waals surface area (Å²) in [5.41, 5.74) is 1.14. The highest BCUT2D eigenvalue weighted by Crippen LogP contribution is 2.24. The summed E-state index contributed by atoms with van der Waals surface area (Å²) in [5, 5.41) is 3.39. The number of pyridine rings is 1. The second kappa shape index (κ2) is 4.86. The first-order valence-corrected chi connectivity index (χ1v) is 6.19. The van der Waals surface area contributed by atoms with Crippen LogP contribution in [0.5, 0.6) is 0 Å². The number of nitrogens with one attached hydrogen (secondary N) is 1. The van der Waals surface area contributed by atoms with Crippen LogP contribution in [-0.4, -0.2) is 27.6 Å². The van der Waals surface area contributed by atoms with Gasteiger partial charge in [-0.3, -0.25) is 4.57 Å². The van der Waals surface area contributed by atoms with Gasteiger partial charge >= 0.3 is 0 Å². The fraction of sp³-hybridized carbons (Fsp3) is 0.385. The first-order chi connectivity index (χ1) is 8.84. The van der Waals surface area contributed by atoms with Crippen LogP contribution in [0.3, 0.4) is 0 Å². The molecule has 0 aromatic carbocycles. The summed E-state index contributed by atoms with van der Waals surface area (Å²) < 4.78 is 14.8. The quantitative estimate of drug-likeness (QED) is 0.879. The summed E-state index contributed by atoms with van der Waals surface area (Å²) in [5.74, 6) is 0.849. The standard InChI is InChI=1S/C13H15FN4/c14-11-3-4-13(17-7-11)18-9-16-8-12(18)10-2-1-5-15-6-10/h3-4,7-10,15H,1-2,5-6H2. The van der Waals surface area contributed by atoms with Gasteiger partial charge in [0.15, 0.2) is 0 Å². The lowest BCUT2D eigenvalue weighted by Gasteiger charge is -2.23. The van der Waals surface area contributed by atoms with E-state index in [1.807, 2.05) is 10.8 Å². The molecule has 18 heavy (non-hydrogen) atoms. The molecule has 0 amide bonds. The Kier molecular flexibility index (Phi) is 3.06. The third-order valence-electron chi connectivity index (χ3n) is 3.34. The molecule has 3 heterocycles. The summed E-state index contributed by atoms with van der Waals surface area (Å²) in [7, 11) is 0. The van der Waals surface area contributed by atoms with Gasteiger partial charge in [-0.05, 0) is 31.5 Å². The van der Waals surface area contributed by atoms with E-state index in [9.17, 15) is 4.39 Å². The molecular formula is C13H15FN4. The van der Waals surface area contributed by atoms with E-state index in [-0.39, 0.29) is 5.82 Å². The zero-order valence-corrected chi connectivity index (χ0v) is 10.0. The van der Waals surface area contributed by atoms with Gasteiger partial charge in [0.05, 0.1) is 6.20 Å². The van der Waals surface area contributed by atoms with Crippen LogP contribution >= 0.6 is 0 Å². The SMILES string of the molecule is Fc1ccc(-n2cncc2C2CCCNC2)nc1. The molecular weight excluding hydrogens is 231 g/mol. The molecule has 1 fully saturated rings. The second-order valence-corrected chi connectivity index (χ2v) is 4.57. The molecule has 4 nitrogen and oxygen atoms in total. The van der Waals surface area contributed by atoms with Gasteiger partial charge in [0.25, 0.3) is 0 Å². The van der Waals surface area contributed by atoms with Crippen molar-refractivity contribution in [2.75, 3.05) is 13.1 Å². The topological polar surface area (TPSA) is 42.7 Å². The number of imidazole rings is 1. The summed E-state index contributed by atoms with van der Waals surface area (Å²) in [6.45, 7) is 2.05. The number of hydrogen-bond acceptors (Lipinski definition) is 3. The molecule has 0 spiro atoms. The van der Waals surface area contributed by atoms with Crippen molar-refractivity contribution in [3.05, 3.63) is 42.4 Å². The van der Waals surface area contributed by atoms with E-state index in [1.165, 1.54) is 18.7 Å². The fourth-order valence-corrected chi connectivity index (χ4v) is 2.41. The van der Waals surface area contributed by atoms with E-state index in [0.29, 0.717) is 5.92 Å². The fourth-order valence-electron chi connectivity index (χ4n) is 2.41. The Balaban J connectivity index is 1.93. The van der Waals surface area contributed by atoms with E-state index < -0.39 is 0 Å². The van der Waals surface area contributed by atoms with Gasteiger partial charge in [0.2, 0.25) is 0 Å². The Morgan fingerprint density at radius 1 is 1.33 bits per heavy atom. The van der Waals surface area contributed by atoms with Crippen LogP contribution in [0.2, 0.25) is 0 Å². The molecule has 0 saturated carbocycles. The third-order valence-corrected chi connectivity index (χ3v) is 3.34. The molecule has 94 valence electrons. The Morgan fingerprint density at radius 2 is 2.28 bits per heavy atom. The van der Waals surface area contributed by atoms with Crippen LogP contribution < -0.4 is 5.32 Å². The van der Waals surface area contributed by atoms with Crippen molar-refractivity contribution in [2.45, 2.75) is 18.8 Å². The minimum atomic E-state index is -0.320. The van der Waals surface area contributed by atoms with Gasteiger partial charge in [-0.15, -0.1) is 0 Å². The molecule has 1 saturated heterocycles. The van der Waals surface area contributed by atoms with Crippen LogP contribution in [-0.2, 0) is 0 Å². The zero-order chi connectivity index (χ0) is 12.4. The van der Waals surface area contributed by atoms with Crippen LogP contribution in [0.4, 0.5) is 4.39 Å². The lowest BCUT2D eigenvalue weighted by molar-refractivity contribution is 0.450. The summed E-state index contributed by atoms with van der Waals surface area (Å²) in [6.07, 6.45) is 7.18. The van der Waals surface area contributed by atoms with Crippen molar-refractivity contribution >= 4 is 0 Å². The number of aromatic nitrogens is 3. The Bertz CT molecular complexity index is 514. The average molecular weight is 246 g/mol. The maximum Gasteiger partial charge on any atom is 0.141 e. The molecule has 5 heteroatoms. The molecule has 1 aliphatic heterocycles. The normalized spacial score (nSPS) is 19.9. The minimum Gasteiger partial charge on any atom is -0.316 e. The van der Waals surface area contributed by atoms with Crippen molar-refractivity contribution in [2.24, 2.45) is 0 Å². The largest absolute Gasteiger partial charge is 0.316 e. The Labute approximate surface area is 105 Å². The van der Waals surface area contributed by atoms with Gasteiger partial charge in [-0.1, -0.05) is 0 Å². The number of hydrogen-bond donors (Lipinski definition) is 1. The van der Waals surface area contributed by atoms with E-state index in [2.05, 4.69) is 15.3 Å². The summed E-state index contributed by atoms with van der Waals surface area (Å²) >= 11 is 0. The highest BCUT2D eigenvalue weighted by molar-refractivity contribution is 5.27. The molecule has 1 atom stereocenters. The first-order valence-electron chi connectivity index (χ1n) is 6.19. The average Bonchev–Trinajstić information content (AvgIpc) is 2.90. The van der Waals surface area contributed by atoms with Gasteiger partial charge < -0.3 is 5.32 Å². The monoisotopic (exact) mass is 246 g/mol. The van der Waals surface area contributed by atoms with Crippen LogP contribution in [0.25, 0.3) is 5.82 Å². The number of nitrogens with zero attached hydrogens (tertiary/aromatic N) is 3. The van der Waals surface area contributed by atoms with E-state index in [1.54, 1.807) is 12.4 Å². The van der Waals surface area contributed by atoms with Crippen molar-refractivity contribution < 1.29 is 4.39 Å². The van der Waals surface area contributed by atoms with E-state index >= 15 is 0 Å². The molecule has 1 N–H and O–H groups in total. The van der Waals surface area contributed by atoms with Crippen molar-refractivity contribution in [3.8, 4) is 5.82 Å². The molecule has 3 rings (SSSR count). The highest BCUT2D eigenvalue weighted by Gasteiger charge is 2.19. The van der Waals surface area contributed by atoms with Crippen LogP contribution in [0.15, 0.2) is 30.9 Å². The molecule has 2 aromatic rings. The second-order valence-electron chi connectivity index (χ2n) is 4.57. The zero-order valence-electron chi connectivity index (χ0n) is 10.0. The van der Waals surface area contributed by atoms with Crippen molar-refractivity contribution in [1.29, 1.82) is 0 Å². The minimum absolute atomic E-state index is 0.320. The molecule has 0 radical (unpaired) electrons. The van der Waals surface area contributed by atoms with Crippen molar-refractivity contribution in [1.82, 2.24) is 19.9 Å². The van der Waals surface area contributed by atoms with Gasteiger partial charge in [-0.2, -0.15) is 0 Å². The number of piperidine rings is 1. The van der Waals surface area contributed by atoms with Crippen molar-refractivity contribution in [3.63, 3.8) is 0 Å². The van der Waals surface area contributed by atoms with Crippen LogP contribution in [0.1, 0.15) is 24.5 Å². The Hall–Kier alpha value is -1.75. The van der Waals surface area contributed by atoms with E-state index in [4.69, 9.17) is 0 Å². The Morgan fingerprint density at radius 3 is 3.00 bits per heavy atom. The molecule has 1 aliphatic rings. The lowest BCUT2D eigenvalue weighted by Crippen LogP contribution is -2.29. The predicted octanol–water partition coefficient (Wildman–Crippen LogP) is 1.87. The third kappa shape index (κ3) is 2.13. The lowest BCUT2D eigenvalue weighted by atomic mass is 9.96. The van der Waals surface area contributed by atoms with E-state index in [0.717, 1.165) is 31.0 Å². The first kappa shape index (κ1) is 11.3. The van der Waals surface area contributed by atoms with Crippen LogP contribution in [0, 0.1) is 5.82 Å². The maximum absolute atomic E-state index is 12.9. The molecule has 0 bridgehead atoms. The maximum atomic E-state index is 12.9. The smallest absolute Gasteiger partial charge is 0.141 e. The predicted molar refractivity (Wildman–Crippen MR) is 66.2 cm³/mol. The number of rotatable bonds is 2. The summed E-state index contributed by atoms with van der Waals surface area (Å²) in [6, 6.07) is 3.10. The van der Waals surface area contributed by atoms with Gasteiger partial charge in [0.1, 0.15) is 18.0 Å². The highest BCUT2D eigenvalue weighted by atomic mass is 19.1. The summed E-state index contributed by atoms with van der Waals surface area (Å²) in [4.78, 5) is 8.30.